The number of hydrogen-bond donors (Lipinski definition) is 1. The summed E-state index contributed by atoms with van der Waals surface area (Å²) in [5.74, 6) is -0.761. The first kappa shape index (κ1) is 18.8. The van der Waals surface area contributed by atoms with E-state index in [1.807, 2.05) is 0 Å². The number of amides is 1. The fourth-order valence-electron chi connectivity index (χ4n) is 1.73. The smallest absolute Gasteiger partial charge is 0.321 e. The molecule has 0 saturated carbocycles. The highest BCUT2D eigenvalue weighted by Crippen LogP contribution is 2.31. The zero-order chi connectivity index (χ0) is 18.6. The number of halogens is 5. The van der Waals surface area contributed by atoms with Crippen molar-refractivity contribution in [3.8, 4) is 6.07 Å². The van der Waals surface area contributed by atoms with Crippen LogP contribution in [0.2, 0.25) is 10.0 Å². The number of hydrogen-bond acceptors (Lipinski definition) is 3. The van der Waals surface area contributed by atoms with Crippen LogP contribution in [-0.4, -0.2) is 10.9 Å². The van der Waals surface area contributed by atoms with E-state index >= 15 is 0 Å². The SMILES string of the molecule is N#C/C(=C\c1ncc(C(F)(F)F)cc1Cl)C(=O)Nc1ccc(Cl)cc1. The predicted octanol–water partition coefficient (Wildman–Crippen LogP) is 4.95. The lowest BCUT2D eigenvalue weighted by Gasteiger charge is -2.08. The third-order valence-corrected chi connectivity index (χ3v) is 3.50. The molecule has 0 aliphatic rings. The van der Waals surface area contributed by atoms with E-state index in [1.54, 1.807) is 18.2 Å². The predicted molar refractivity (Wildman–Crippen MR) is 87.9 cm³/mol. The summed E-state index contributed by atoms with van der Waals surface area (Å²) in [6, 6.07) is 8.47. The molecule has 1 heterocycles. The van der Waals surface area contributed by atoms with Gasteiger partial charge in [-0.25, -0.2) is 0 Å². The number of alkyl halides is 3. The molecule has 1 N–H and O–H groups in total. The molecule has 0 aliphatic carbocycles. The molecule has 25 heavy (non-hydrogen) atoms. The second kappa shape index (κ2) is 7.55. The highest BCUT2D eigenvalue weighted by molar-refractivity contribution is 6.32. The molecule has 0 radical (unpaired) electrons. The molecule has 0 fully saturated rings. The van der Waals surface area contributed by atoms with E-state index in [0.717, 1.165) is 6.08 Å². The summed E-state index contributed by atoms with van der Waals surface area (Å²) in [6.07, 6.45) is -3.01. The third-order valence-electron chi connectivity index (χ3n) is 2.95. The lowest BCUT2D eigenvalue weighted by atomic mass is 10.2. The van der Waals surface area contributed by atoms with Gasteiger partial charge in [-0.05, 0) is 36.4 Å². The molecular weight excluding hydrogens is 378 g/mol. The number of anilines is 1. The van der Waals surface area contributed by atoms with Gasteiger partial charge in [-0.1, -0.05) is 23.2 Å². The summed E-state index contributed by atoms with van der Waals surface area (Å²) in [5.41, 5.74) is -1.14. The van der Waals surface area contributed by atoms with Gasteiger partial charge in [0.15, 0.2) is 0 Å². The molecule has 1 aromatic carbocycles. The average molecular weight is 386 g/mol. The van der Waals surface area contributed by atoms with E-state index in [0.29, 0.717) is 23.0 Å². The molecule has 0 atom stereocenters. The fraction of sp³-hybridized carbons (Fsp3) is 0.0625. The monoisotopic (exact) mass is 385 g/mol. The topological polar surface area (TPSA) is 65.8 Å². The van der Waals surface area contributed by atoms with Gasteiger partial charge in [0.05, 0.1) is 16.3 Å². The minimum absolute atomic E-state index is 0.127. The minimum atomic E-state index is -4.59. The second-order valence-corrected chi connectivity index (χ2v) is 5.56. The van der Waals surface area contributed by atoms with Crippen LogP contribution in [-0.2, 0) is 11.0 Å². The summed E-state index contributed by atoms with van der Waals surface area (Å²) in [7, 11) is 0. The molecule has 2 aromatic rings. The summed E-state index contributed by atoms with van der Waals surface area (Å²) in [5, 5.41) is 11.7. The highest BCUT2D eigenvalue weighted by atomic mass is 35.5. The molecule has 0 bridgehead atoms. The Morgan fingerprint density at radius 2 is 1.88 bits per heavy atom. The van der Waals surface area contributed by atoms with Gasteiger partial charge >= 0.3 is 6.18 Å². The molecule has 0 spiro atoms. The Hall–Kier alpha value is -2.56. The lowest BCUT2D eigenvalue weighted by molar-refractivity contribution is -0.137. The van der Waals surface area contributed by atoms with E-state index < -0.39 is 17.6 Å². The van der Waals surface area contributed by atoms with Gasteiger partial charge in [-0.3, -0.25) is 9.78 Å². The zero-order valence-corrected chi connectivity index (χ0v) is 13.7. The lowest BCUT2D eigenvalue weighted by Crippen LogP contribution is -2.13. The van der Waals surface area contributed by atoms with Crippen LogP contribution in [0.3, 0.4) is 0 Å². The highest BCUT2D eigenvalue weighted by Gasteiger charge is 2.31. The van der Waals surface area contributed by atoms with Crippen molar-refractivity contribution in [1.29, 1.82) is 5.26 Å². The number of rotatable bonds is 3. The van der Waals surface area contributed by atoms with Gasteiger partial charge in [0.1, 0.15) is 11.6 Å². The van der Waals surface area contributed by atoms with Crippen molar-refractivity contribution in [2.45, 2.75) is 6.18 Å². The zero-order valence-electron chi connectivity index (χ0n) is 12.2. The normalized spacial score (nSPS) is 11.8. The molecule has 1 aromatic heterocycles. The first-order chi connectivity index (χ1) is 11.7. The van der Waals surface area contributed by atoms with Crippen molar-refractivity contribution in [3.63, 3.8) is 0 Å². The van der Waals surface area contributed by atoms with Crippen LogP contribution in [0.15, 0.2) is 42.1 Å². The van der Waals surface area contributed by atoms with Gasteiger partial charge in [0.2, 0.25) is 0 Å². The van der Waals surface area contributed by atoms with Crippen LogP contribution in [0.5, 0.6) is 0 Å². The number of carbonyl (C=O) groups is 1. The van der Waals surface area contributed by atoms with Gasteiger partial charge in [-0.15, -0.1) is 0 Å². The number of nitrogens with one attached hydrogen (secondary N) is 1. The molecule has 0 saturated heterocycles. The largest absolute Gasteiger partial charge is 0.417 e. The number of carbonyl (C=O) groups excluding carboxylic acids is 1. The van der Waals surface area contributed by atoms with Crippen molar-refractivity contribution in [1.82, 2.24) is 4.98 Å². The summed E-state index contributed by atoms with van der Waals surface area (Å²) in [6.45, 7) is 0. The maximum atomic E-state index is 12.6. The first-order valence-corrected chi connectivity index (χ1v) is 7.38. The molecule has 2 rings (SSSR count). The van der Waals surface area contributed by atoms with Crippen molar-refractivity contribution < 1.29 is 18.0 Å². The summed E-state index contributed by atoms with van der Waals surface area (Å²) < 4.78 is 37.8. The van der Waals surface area contributed by atoms with Crippen molar-refractivity contribution >= 4 is 40.9 Å². The Bertz CT molecular complexity index is 872. The molecule has 1 amide bonds. The van der Waals surface area contributed by atoms with E-state index in [1.165, 1.54) is 12.1 Å². The fourth-order valence-corrected chi connectivity index (χ4v) is 2.07. The molecule has 0 aliphatic heterocycles. The second-order valence-electron chi connectivity index (χ2n) is 4.72. The Morgan fingerprint density at radius 1 is 1.24 bits per heavy atom. The Balaban J connectivity index is 2.26. The van der Waals surface area contributed by atoms with E-state index in [-0.39, 0.29) is 16.3 Å². The Morgan fingerprint density at radius 3 is 2.40 bits per heavy atom. The van der Waals surface area contributed by atoms with Gasteiger partial charge in [0.25, 0.3) is 5.91 Å². The van der Waals surface area contributed by atoms with Gasteiger partial charge in [0, 0.05) is 16.9 Å². The number of nitrogens with zero attached hydrogens (tertiary/aromatic N) is 2. The molecule has 9 heteroatoms. The van der Waals surface area contributed by atoms with E-state index in [9.17, 15) is 18.0 Å². The van der Waals surface area contributed by atoms with E-state index in [4.69, 9.17) is 28.5 Å². The maximum absolute atomic E-state index is 12.6. The molecule has 4 nitrogen and oxygen atoms in total. The summed E-state index contributed by atoms with van der Waals surface area (Å²) in [4.78, 5) is 15.6. The van der Waals surface area contributed by atoms with Crippen LogP contribution in [0, 0.1) is 11.3 Å². The van der Waals surface area contributed by atoms with Crippen molar-refractivity contribution in [3.05, 3.63) is 63.4 Å². The van der Waals surface area contributed by atoms with Crippen LogP contribution < -0.4 is 5.32 Å². The van der Waals surface area contributed by atoms with Gasteiger partial charge in [-0.2, -0.15) is 18.4 Å². The quantitative estimate of drug-likeness (QED) is 0.600. The summed E-state index contributed by atoms with van der Waals surface area (Å²) >= 11 is 11.5. The van der Waals surface area contributed by atoms with Gasteiger partial charge < -0.3 is 5.32 Å². The Kier molecular flexibility index (Phi) is 5.67. The average Bonchev–Trinajstić information content (AvgIpc) is 2.54. The van der Waals surface area contributed by atoms with E-state index in [2.05, 4.69) is 10.3 Å². The minimum Gasteiger partial charge on any atom is -0.321 e. The number of nitriles is 1. The maximum Gasteiger partial charge on any atom is 0.417 e. The Labute approximate surface area is 150 Å². The number of benzene rings is 1. The van der Waals surface area contributed by atoms with Crippen LogP contribution >= 0.6 is 23.2 Å². The first-order valence-electron chi connectivity index (χ1n) is 6.62. The standard InChI is InChI=1S/C16H8Cl2F3N3O/c17-11-1-3-12(4-2-11)24-15(25)9(7-22)5-14-13(18)6-10(8-23-14)16(19,20)21/h1-6,8H,(H,24,25)/b9-5+. The van der Waals surface area contributed by atoms with Crippen LogP contribution in [0.1, 0.15) is 11.3 Å². The molecule has 0 unspecified atom stereocenters. The van der Waals surface area contributed by atoms with Crippen molar-refractivity contribution in [2.75, 3.05) is 5.32 Å². The number of pyridine rings is 1. The van der Waals surface area contributed by atoms with Crippen LogP contribution in [0.4, 0.5) is 18.9 Å². The number of aromatic nitrogens is 1. The van der Waals surface area contributed by atoms with Crippen LogP contribution in [0.25, 0.3) is 6.08 Å². The third kappa shape index (κ3) is 4.95. The molecule has 128 valence electrons. The molecular formula is C16H8Cl2F3N3O. The van der Waals surface area contributed by atoms with Crippen molar-refractivity contribution in [2.24, 2.45) is 0 Å².